The number of benzene rings is 4. The number of quaternary nitrogens is 1. The van der Waals surface area contributed by atoms with E-state index in [1.54, 1.807) is 12.1 Å². The van der Waals surface area contributed by atoms with Gasteiger partial charge < -0.3 is 24.8 Å². The third-order valence-corrected chi connectivity index (χ3v) is 11.1. The van der Waals surface area contributed by atoms with Gasteiger partial charge in [-0.15, -0.1) is 11.6 Å². The molecule has 0 radical (unpaired) electrons. The number of nitrogens with zero attached hydrogens (tertiary/aromatic N) is 4. The van der Waals surface area contributed by atoms with Crippen molar-refractivity contribution in [3.05, 3.63) is 106 Å². The number of thiol groups is 1. The van der Waals surface area contributed by atoms with E-state index in [4.69, 9.17) is 42.4 Å². The number of Topliss-reactive ketones (excluding diaryl/α,β-unsaturated/α-hetero) is 2. The van der Waals surface area contributed by atoms with Crippen molar-refractivity contribution in [2.75, 3.05) is 75.1 Å². The molecular formula is C48H58Cl2N7O6S+. The third kappa shape index (κ3) is 13.8. The number of alkyl halides is 1. The van der Waals surface area contributed by atoms with Crippen molar-refractivity contribution in [2.24, 2.45) is 5.92 Å². The monoisotopic (exact) mass is 930 g/mol. The number of anilines is 3. The fraction of sp³-hybridized carbons (Fsp3) is 0.396. The fourth-order valence-corrected chi connectivity index (χ4v) is 7.47. The number of hydrogen-bond acceptors (Lipinski definition) is 13. The van der Waals surface area contributed by atoms with E-state index < -0.39 is 9.58 Å². The van der Waals surface area contributed by atoms with Crippen LogP contribution < -0.4 is 20.8 Å². The van der Waals surface area contributed by atoms with Crippen LogP contribution in [0.15, 0.2) is 72.8 Å². The number of unbranched alkanes of at least 4 members (excludes halogenated alkanes) is 2. The molecule has 0 saturated heterocycles. The molecule has 0 fully saturated rings. The van der Waals surface area contributed by atoms with Gasteiger partial charge in [-0.3, -0.25) is 9.59 Å². The number of fused-ring (bicyclic) bond motifs is 1. The molecule has 340 valence electrons. The van der Waals surface area contributed by atoms with Gasteiger partial charge in [0.15, 0.2) is 17.3 Å². The summed E-state index contributed by atoms with van der Waals surface area (Å²) in [6.45, 7) is 12.8. The zero-order chi connectivity index (χ0) is 46.4. The average molecular weight is 932 g/mol. The Bertz CT molecular complexity index is 2440. The molecular weight excluding hydrogens is 874 g/mol. The van der Waals surface area contributed by atoms with E-state index in [0.717, 1.165) is 52.6 Å². The van der Waals surface area contributed by atoms with Crippen LogP contribution in [0.1, 0.15) is 91.3 Å². The predicted octanol–water partition coefficient (Wildman–Crippen LogP) is 10.5. The Kier molecular flexibility index (Phi) is 18.2. The molecule has 4 N–H and O–H groups in total. The molecule has 1 aromatic heterocycles. The number of halogens is 2. The van der Waals surface area contributed by atoms with Gasteiger partial charge in [0.2, 0.25) is 0 Å². The van der Waals surface area contributed by atoms with Crippen molar-refractivity contribution >= 4 is 75.9 Å². The van der Waals surface area contributed by atoms with Crippen LogP contribution >= 0.6 is 36.0 Å². The molecule has 5 rings (SSSR count). The van der Waals surface area contributed by atoms with Gasteiger partial charge in [0, 0.05) is 53.2 Å². The molecule has 4 aromatic carbocycles. The third-order valence-electron chi connectivity index (χ3n) is 10.6. The highest BCUT2D eigenvalue weighted by atomic mass is 35.5. The lowest BCUT2D eigenvalue weighted by atomic mass is 9.77. The fourth-order valence-electron chi connectivity index (χ4n) is 7.03. The minimum Gasteiger partial charge on any atom is -0.489 e. The van der Waals surface area contributed by atoms with Crippen LogP contribution in [-0.4, -0.2) is 90.0 Å². The Hall–Kier alpha value is -4.98. The highest BCUT2D eigenvalue weighted by Gasteiger charge is 2.26. The molecule has 1 atom stereocenters. The van der Waals surface area contributed by atoms with Crippen molar-refractivity contribution < 1.29 is 33.2 Å². The Balaban J connectivity index is 1.12. The maximum Gasteiger partial charge on any atom is 0.275 e. The first-order valence-corrected chi connectivity index (χ1v) is 22.6. The molecule has 0 aliphatic heterocycles. The second-order valence-corrected chi connectivity index (χ2v) is 17.9. The number of hydroxylamine groups is 1. The zero-order valence-electron chi connectivity index (χ0n) is 37.3. The van der Waals surface area contributed by atoms with Gasteiger partial charge in [-0.2, -0.15) is 20.9 Å². The number of ketones is 2. The molecule has 1 heterocycles. The summed E-state index contributed by atoms with van der Waals surface area (Å²) in [5.41, 5.74) is 8.91. The normalized spacial score (nSPS) is 12.5. The minimum atomic E-state index is -0.844. The second-order valence-electron chi connectivity index (χ2n) is 16.3. The molecule has 1 unspecified atom stereocenters. The lowest BCUT2D eigenvalue weighted by molar-refractivity contribution is -0.955. The number of ether oxygens (including phenoxy) is 3. The van der Waals surface area contributed by atoms with E-state index in [2.05, 4.69) is 84.1 Å². The van der Waals surface area contributed by atoms with Gasteiger partial charge in [0.05, 0.1) is 41.8 Å². The quantitative estimate of drug-likeness (QED) is 0.00940. The Morgan fingerprint density at radius 3 is 2.25 bits per heavy atom. The van der Waals surface area contributed by atoms with E-state index in [0.29, 0.717) is 78.3 Å². The first-order valence-electron chi connectivity index (χ1n) is 21.3. The van der Waals surface area contributed by atoms with E-state index in [1.807, 2.05) is 44.2 Å². The van der Waals surface area contributed by atoms with Gasteiger partial charge >= 0.3 is 0 Å². The van der Waals surface area contributed by atoms with Crippen molar-refractivity contribution in [1.82, 2.24) is 9.97 Å². The molecule has 0 bridgehead atoms. The lowest BCUT2D eigenvalue weighted by Gasteiger charge is -2.27. The zero-order valence-corrected chi connectivity index (χ0v) is 39.7. The molecule has 0 saturated carbocycles. The van der Waals surface area contributed by atoms with Crippen molar-refractivity contribution in [3.8, 4) is 22.9 Å². The summed E-state index contributed by atoms with van der Waals surface area (Å²) < 4.78 is 16.3. The standard InChI is InChI=1S/C48H57Cl2N7O6S/c1-31(2)44(59)39-16-15-38(29-40(39)32(3)58)52-20-23-62-25-24-61-21-9-7-8-19-53-46-41-27-34(12-17-43(41)54-47(55-46)56-57(6,60)64)33-10-13-36(14-11-33)48(4,5)37-26-35(30-51)45(42(50)28-37)63-22-18-49/h10-17,26-29,31,60,64H,7-9,18-25H2,1-6H3,(H2-,52,53,54,55,56,59)/p+1. The number of rotatable bonds is 25. The second kappa shape index (κ2) is 23.3. The minimum absolute atomic E-state index is 0.0458. The molecule has 64 heavy (non-hydrogen) atoms. The van der Waals surface area contributed by atoms with Crippen LogP contribution in [0.3, 0.4) is 0 Å². The summed E-state index contributed by atoms with van der Waals surface area (Å²) in [7, 11) is 1.44. The molecule has 16 heteroatoms. The number of carbonyl (C=O) groups is 2. The SMILES string of the molecule is CC(=O)c1cc(NCCOCCOCCCCCNc2nc(N[N+](C)(O)S)nc3ccc(-c4ccc(C(C)(C)c5cc(Cl)c(OCCCl)c(C#N)c5)cc4)cc23)ccc1C(=O)C(C)C. The number of hydrogen-bond donors (Lipinski definition) is 5. The number of aromatic nitrogens is 2. The van der Waals surface area contributed by atoms with Gasteiger partial charge in [0.1, 0.15) is 38.4 Å². The number of nitrogens with one attached hydrogen (secondary N) is 3. The number of carbonyl (C=O) groups excluding carboxylic acids is 2. The van der Waals surface area contributed by atoms with Crippen LogP contribution in [0.2, 0.25) is 5.02 Å². The van der Waals surface area contributed by atoms with Crippen molar-refractivity contribution in [1.29, 1.82) is 5.26 Å². The van der Waals surface area contributed by atoms with Crippen LogP contribution in [0, 0.1) is 17.2 Å². The highest BCUT2D eigenvalue weighted by Crippen LogP contribution is 2.39. The Morgan fingerprint density at radius 1 is 0.859 bits per heavy atom. The van der Waals surface area contributed by atoms with Gasteiger partial charge in [-0.05, 0) is 95.1 Å². The molecule has 13 nitrogen and oxygen atoms in total. The molecule has 0 aliphatic carbocycles. The van der Waals surface area contributed by atoms with E-state index in [9.17, 15) is 20.1 Å². The smallest absolute Gasteiger partial charge is 0.275 e. The first-order chi connectivity index (χ1) is 30.5. The largest absolute Gasteiger partial charge is 0.489 e. The van der Waals surface area contributed by atoms with Crippen LogP contribution in [0.4, 0.5) is 17.5 Å². The van der Waals surface area contributed by atoms with Crippen molar-refractivity contribution in [3.63, 3.8) is 0 Å². The summed E-state index contributed by atoms with van der Waals surface area (Å²) in [6, 6.07) is 25.4. The van der Waals surface area contributed by atoms with Crippen molar-refractivity contribution in [2.45, 2.75) is 59.3 Å². The van der Waals surface area contributed by atoms with Gasteiger partial charge in [-0.25, -0.2) is 4.98 Å². The Morgan fingerprint density at radius 2 is 1.58 bits per heavy atom. The summed E-state index contributed by atoms with van der Waals surface area (Å²) in [5, 5.41) is 28.0. The maximum atomic E-state index is 12.5. The highest BCUT2D eigenvalue weighted by molar-refractivity contribution is 7.74. The maximum absolute atomic E-state index is 12.5. The van der Waals surface area contributed by atoms with Crippen LogP contribution in [0.25, 0.3) is 22.0 Å². The molecule has 0 aliphatic rings. The number of nitriles is 1. The Labute approximate surface area is 391 Å². The first kappa shape index (κ1) is 50.0. The summed E-state index contributed by atoms with van der Waals surface area (Å²) in [6.07, 6.45) is 2.69. The molecule has 5 aromatic rings. The van der Waals surface area contributed by atoms with E-state index in [1.165, 1.54) is 14.0 Å². The summed E-state index contributed by atoms with van der Waals surface area (Å²) in [4.78, 5) is 34.0. The van der Waals surface area contributed by atoms with E-state index >= 15 is 0 Å². The predicted molar refractivity (Wildman–Crippen MR) is 258 cm³/mol. The lowest BCUT2D eigenvalue weighted by Crippen LogP contribution is -2.36. The summed E-state index contributed by atoms with van der Waals surface area (Å²) >= 11 is 16.5. The molecule has 0 spiro atoms. The van der Waals surface area contributed by atoms with E-state index in [-0.39, 0.29) is 35.9 Å². The average Bonchev–Trinajstić information content (AvgIpc) is 3.26. The summed E-state index contributed by atoms with van der Waals surface area (Å²) in [5.74, 6) is 1.09. The molecule has 0 amide bonds. The van der Waals surface area contributed by atoms with Crippen LogP contribution in [0.5, 0.6) is 5.75 Å². The van der Waals surface area contributed by atoms with Crippen LogP contribution in [-0.2, 0) is 14.9 Å². The van der Waals surface area contributed by atoms with Gasteiger partial charge in [-0.1, -0.05) is 69.6 Å². The van der Waals surface area contributed by atoms with Gasteiger partial charge in [0.25, 0.3) is 5.95 Å². The topological polar surface area (TPSA) is 168 Å².